The SMILES string of the molecule is Cc1cc(F)c(NC(=O)OCC(Cl)(Cl)Cl)cc1-c1cc(OCCO[Si](C)(C)C(C)(C)C)nc(-c2ccnc(N(C)C(=O)OC(C)(C)C)c2)c1. The van der Waals surface area contributed by atoms with Gasteiger partial charge in [-0.1, -0.05) is 55.6 Å². The molecule has 2 amide bonds. The summed E-state index contributed by atoms with van der Waals surface area (Å²) in [5.74, 6) is -0.0721. The Bertz CT molecular complexity index is 1660. The number of aryl methyl sites for hydroxylation is 1. The zero-order chi connectivity index (χ0) is 36.9. The van der Waals surface area contributed by atoms with Gasteiger partial charge in [-0.15, -0.1) is 0 Å². The fraction of sp³-hybridized carbons (Fsp3) is 0.471. The van der Waals surface area contributed by atoms with E-state index in [-0.39, 0.29) is 23.2 Å². The number of nitrogens with one attached hydrogen (secondary N) is 1. The Morgan fingerprint density at radius 2 is 1.65 bits per heavy atom. The predicted molar refractivity (Wildman–Crippen MR) is 196 cm³/mol. The maximum Gasteiger partial charge on any atom is 0.415 e. The molecule has 2 aromatic heterocycles. The Morgan fingerprint density at radius 3 is 2.27 bits per heavy atom. The zero-order valence-corrected chi connectivity index (χ0v) is 32.7. The first-order chi connectivity index (χ1) is 22.5. The summed E-state index contributed by atoms with van der Waals surface area (Å²) < 4.78 is 36.0. The van der Waals surface area contributed by atoms with Gasteiger partial charge in [0.25, 0.3) is 0 Å². The molecule has 0 fully saturated rings. The lowest BCUT2D eigenvalue weighted by Gasteiger charge is -2.36. The molecule has 1 N–H and O–H groups in total. The van der Waals surface area contributed by atoms with Gasteiger partial charge in [0, 0.05) is 24.9 Å². The van der Waals surface area contributed by atoms with E-state index in [1.165, 1.54) is 17.0 Å². The van der Waals surface area contributed by atoms with Crippen molar-refractivity contribution in [2.75, 3.05) is 37.1 Å². The molecular weight excluding hydrogens is 714 g/mol. The van der Waals surface area contributed by atoms with Gasteiger partial charge in [0.2, 0.25) is 9.67 Å². The number of benzene rings is 1. The average molecular weight is 758 g/mol. The molecule has 15 heteroatoms. The second-order valence-electron chi connectivity index (χ2n) is 13.9. The molecule has 0 saturated carbocycles. The molecule has 0 aliphatic heterocycles. The normalized spacial score (nSPS) is 12.4. The van der Waals surface area contributed by atoms with Gasteiger partial charge >= 0.3 is 12.2 Å². The lowest BCUT2D eigenvalue weighted by molar-refractivity contribution is 0.0588. The van der Waals surface area contributed by atoms with Crippen molar-refractivity contribution >= 4 is 66.8 Å². The molecule has 3 rings (SSSR count). The van der Waals surface area contributed by atoms with Crippen LogP contribution in [-0.2, 0) is 13.9 Å². The molecule has 2 heterocycles. The first-order valence-corrected chi connectivity index (χ1v) is 19.5. The van der Waals surface area contributed by atoms with E-state index in [1.54, 1.807) is 65.2 Å². The van der Waals surface area contributed by atoms with E-state index >= 15 is 4.39 Å². The van der Waals surface area contributed by atoms with E-state index in [1.807, 2.05) is 0 Å². The Balaban J connectivity index is 2.03. The number of nitrogens with zero attached hydrogens (tertiary/aromatic N) is 3. The first-order valence-electron chi connectivity index (χ1n) is 15.5. The van der Waals surface area contributed by atoms with Crippen LogP contribution >= 0.6 is 34.8 Å². The Morgan fingerprint density at radius 1 is 0.980 bits per heavy atom. The van der Waals surface area contributed by atoms with Crippen molar-refractivity contribution in [1.29, 1.82) is 0 Å². The van der Waals surface area contributed by atoms with Gasteiger partial charge in [-0.2, -0.15) is 0 Å². The molecule has 0 saturated heterocycles. The molecule has 0 bridgehead atoms. The second kappa shape index (κ2) is 15.8. The van der Waals surface area contributed by atoms with Crippen LogP contribution in [0.4, 0.5) is 25.5 Å². The van der Waals surface area contributed by atoms with Crippen LogP contribution in [0.5, 0.6) is 5.88 Å². The minimum absolute atomic E-state index is 0.0309. The van der Waals surface area contributed by atoms with Crippen molar-refractivity contribution in [3.63, 3.8) is 0 Å². The van der Waals surface area contributed by atoms with Gasteiger partial charge < -0.3 is 18.6 Å². The highest BCUT2D eigenvalue weighted by Gasteiger charge is 2.37. The van der Waals surface area contributed by atoms with Crippen LogP contribution in [-0.4, -0.2) is 66.7 Å². The molecule has 0 aliphatic rings. The highest BCUT2D eigenvalue weighted by atomic mass is 35.6. The number of ether oxygens (including phenoxy) is 3. The molecule has 1 aromatic carbocycles. The van der Waals surface area contributed by atoms with Crippen LogP contribution in [0.2, 0.25) is 18.1 Å². The molecule has 0 aliphatic carbocycles. The summed E-state index contributed by atoms with van der Waals surface area (Å²) in [6, 6.07) is 9.71. The number of carbonyl (C=O) groups is 2. The number of carbonyl (C=O) groups excluding carboxylic acids is 2. The molecule has 10 nitrogen and oxygen atoms in total. The van der Waals surface area contributed by atoms with Crippen molar-refractivity contribution in [2.45, 2.75) is 76.0 Å². The minimum Gasteiger partial charge on any atom is -0.475 e. The molecule has 3 aromatic rings. The van der Waals surface area contributed by atoms with Crippen molar-refractivity contribution in [2.24, 2.45) is 0 Å². The summed E-state index contributed by atoms with van der Waals surface area (Å²) in [6.07, 6.45) is -0.0138. The number of rotatable bonds is 10. The summed E-state index contributed by atoms with van der Waals surface area (Å²) in [5, 5.41) is 2.40. The monoisotopic (exact) mass is 756 g/mol. The van der Waals surface area contributed by atoms with Crippen molar-refractivity contribution in [3.05, 3.63) is 54.0 Å². The van der Waals surface area contributed by atoms with E-state index in [2.05, 4.69) is 44.2 Å². The predicted octanol–water partition coefficient (Wildman–Crippen LogP) is 9.95. The molecule has 0 unspecified atom stereocenters. The molecule has 0 radical (unpaired) electrons. The minimum atomic E-state index is -2.01. The standard InChI is InChI=1S/C34H44Cl3FN4O6Si/c1-21-15-25(38)27(41-30(43)46-20-34(35,36)37)19-24(21)23-16-26(40-29(18-23)45-13-14-47-49(9,10)33(5,6)7)22-11-12-39-28(17-22)42(8)31(44)48-32(2,3)4/h11-12,15-19H,13-14,20H2,1-10H3,(H,41,43). The largest absolute Gasteiger partial charge is 0.475 e. The topological polar surface area (TPSA) is 112 Å². The highest BCUT2D eigenvalue weighted by molar-refractivity contribution is 6.74. The highest BCUT2D eigenvalue weighted by Crippen LogP contribution is 2.37. The maximum absolute atomic E-state index is 15.0. The number of hydrogen-bond acceptors (Lipinski definition) is 8. The smallest absolute Gasteiger partial charge is 0.415 e. The van der Waals surface area contributed by atoms with Crippen LogP contribution < -0.4 is 15.0 Å². The van der Waals surface area contributed by atoms with E-state index < -0.39 is 42.3 Å². The number of amides is 2. The third-order valence-electron chi connectivity index (χ3n) is 7.69. The molecule has 268 valence electrons. The quantitative estimate of drug-likeness (QED) is 0.124. The average Bonchev–Trinajstić information content (AvgIpc) is 2.97. The summed E-state index contributed by atoms with van der Waals surface area (Å²) in [4.78, 5) is 35.5. The van der Waals surface area contributed by atoms with Gasteiger partial charge in [0.1, 0.15) is 30.4 Å². The van der Waals surface area contributed by atoms with Crippen LogP contribution in [0.15, 0.2) is 42.6 Å². The van der Waals surface area contributed by atoms with Gasteiger partial charge in [-0.3, -0.25) is 10.2 Å². The van der Waals surface area contributed by atoms with Crippen LogP contribution in [0, 0.1) is 12.7 Å². The van der Waals surface area contributed by atoms with E-state index in [0.29, 0.717) is 40.4 Å². The van der Waals surface area contributed by atoms with Crippen molar-refractivity contribution in [3.8, 4) is 28.3 Å². The van der Waals surface area contributed by atoms with Gasteiger partial charge in [-0.05, 0) is 92.8 Å². The number of alkyl halides is 3. The first kappa shape index (κ1) is 40.3. The maximum atomic E-state index is 15.0. The van der Waals surface area contributed by atoms with E-state index in [9.17, 15) is 9.59 Å². The molecule has 0 atom stereocenters. The fourth-order valence-electron chi connectivity index (χ4n) is 4.10. The number of pyridine rings is 2. The second-order valence-corrected chi connectivity index (χ2v) is 21.3. The van der Waals surface area contributed by atoms with Gasteiger partial charge in [0.05, 0.1) is 18.0 Å². The zero-order valence-electron chi connectivity index (χ0n) is 29.5. The van der Waals surface area contributed by atoms with Crippen molar-refractivity contribution in [1.82, 2.24) is 9.97 Å². The third kappa shape index (κ3) is 12.0. The van der Waals surface area contributed by atoms with Crippen LogP contribution in [0.3, 0.4) is 0 Å². The summed E-state index contributed by atoms with van der Waals surface area (Å²) in [7, 11) is -0.448. The lowest BCUT2D eigenvalue weighted by atomic mass is 9.98. The fourth-order valence-corrected chi connectivity index (χ4v) is 5.29. The number of hydrogen-bond donors (Lipinski definition) is 1. The van der Waals surface area contributed by atoms with Gasteiger partial charge in [-0.25, -0.2) is 23.9 Å². The van der Waals surface area contributed by atoms with E-state index in [4.69, 9.17) is 58.4 Å². The molecule has 0 spiro atoms. The summed E-state index contributed by atoms with van der Waals surface area (Å²) in [5.41, 5.74) is 2.02. The Labute approximate surface area is 303 Å². The Kier molecular flexibility index (Phi) is 13.0. The third-order valence-corrected chi connectivity index (χ3v) is 12.6. The number of anilines is 2. The summed E-state index contributed by atoms with van der Waals surface area (Å²) >= 11 is 17.0. The van der Waals surface area contributed by atoms with Crippen molar-refractivity contribution < 1.29 is 32.6 Å². The van der Waals surface area contributed by atoms with Crippen LogP contribution in [0.25, 0.3) is 22.4 Å². The lowest BCUT2D eigenvalue weighted by Crippen LogP contribution is -2.41. The number of halogens is 4. The summed E-state index contributed by atoms with van der Waals surface area (Å²) in [6.45, 7) is 17.9. The molecule has 49 heavy (non-hydrogen) atoms. The Hall–Kier alpha value is -3.16. The van der Waals surface area contributed by atoms with Gasteiger partial charge in [0.15, 0.2) is 8.32 Å². The number of aromatic nitrogens is 2. The van der Waals surface area contributed by atoms with E-state index in [0.717, 1.165) is 0 Å². The van der Waals surface area contributed by atoms with Crippen LogP contribution in [0.1, 0.15) is 47.1 Å². The molecular formula is C34H44Cl3FN4O6Si.